The summed E-state index contributed by atoms with van der Waals surface area (Å²) in [4.78, 5) is 0. The van der Waals surface area contributed by atoms with Gasteiger partial charge in [0, 0.05) is 0 Å². The van der Waals surface area contributed by atoms with Crippen molar-refractivity contribution in [3.05, 3.63) is 71.3 Å². The summed E-state index contributed by atoms with van der Waals surface area (Å²) in [5, 5.41) is 32.8. The molecule has 0 amide bonds. The molecule has 0 saturated carbocycles. The van der Waals surface area contributed by atoms with E-state index in [1.807, 2.05) is 54.6 Å². The number of aliphatic hydroxyl groups is 3. The van der Waals surface area contributed by atoms with E-state index in [2.05, 4.69) is 0 Å². The monoisotopic (exact) mass is 292 g/mol. The van der Waals surface area contributed by atoms with Crippen molar-refractivity contribution in [3.8, 4) is 11.1 Å². The van der Waals surface area contributed by atoms with E-state index in [9.17, 15) is 15.3 Å². The minimum Gasteiger partial charge on any atom is -0.392 e. The van der Waals surface area contributed by atoms with Gasteiger partial charge in [-0.3, -0.25) is 0 Å². The first-order valence-corrected chi connectivity index (χ1v) is 7.33. The fourth-order valence-corrected chi connectivity index (χ4v) is 3.48. The van der Waals surface area contributed by atoms with E-state index in [0.717, 1.165) is 27.5 Å². The van der Waals surface area contributed by atoms with Crippen LogP contribution in [0.25, 0.3) is 21.9 Å². The summed E-state index contributed by atoms with van der Waals surface area (Å²) in [7, 11) is 0. The molecule has 0 radical (unpaired) electrons. The second-order valence-corrected chi connectivity index (χ2v) is 5.68. The molecule has 1 aliphatic rings. The highest BCUT2D eigenvalue weighted by Gasteiger charge is 2.32. The Kier molecular flexibility index (Phi) is 3.01. The number of aliphatic hydroxyl groups excluding tert-OH is 3. The van der Waals surface area contributed by atoms with Crippen LogP contribution in [0.5, 0.6) is 0 Å². The SMILES string of the molecule is OCc1c2c(cc3ccccc13)C(O)C(O)c1ccccc1-2. The van der Waals surface area contributed by atoms with Crippen LogP contribution in [0, 0.1) is 0 Å². The molecule has 110 valence electrons. The number of rotatable bonds is 1. The van der Waals surface area contributed by atoms with Gasteiger partial charge in [-0.1, -0.05) is 48.5 Å². The lowest BCUT2D eigenvalue weighted by atomic mass is 9.78. The van der Waals surface area contributed by atoms with Gasteiger partial charge in [0.1, 0.15) is 12.2 Å². The highest BCUT2D eigenvalue weighted by molar-refractivity contribution is 5.95. The van der Waals surface area contributed by atoms with Gasteiger partial charge in [-0.05, 0) is 44.7 Å². The Hall–Kier alpha value is -2.20. The molecule has 0 fully saturated rings. The van der Waals surface area contributed by atoms with Gasteiger partial charge in [-0.25, -0.2) is 0 Å². The molecule has 4 rings (SSSR count). The predicted octanol–water partition coefficient (Wildman–Crippen LogP) is 3.08. The van der Waals surface area contributed by atoms with E-state index in [0.29, 0.717) is 11.1 Å². The van der Waals surface area contributed by atoms with E-state index < -0.39 is 12.2 Å². The molecule has 3 aromatic carbocycles. The van der Waals surface area contributed by atoms with Gasteiger partial charge < -0.3 is 15.3 Å². The first kappa shape index (κ1) is 13.5. The van der Waals surface area contributed by atoms with Gasteiger partial charge in [-0.2, -0.15) is 0 Å². The molecule has 3 nitrogen and oxygen atoms in total. The van der Waals surface area contributed by atoms with Crippen LogP contribution < -0.4 is 0 Å². The molecule has 2 atom stereocenters. The first-order chi connectivity index (χ1) is 10.7. The molecular formula is C19H16O3. The first-order valence-electron chi connectivity index (χ1n) is 7.33. The number of hydrogen-bond donors (Lipinski definition) is 3. The predicted molar refractivity (Wildman–Crippen MR) is 85.2 cm³/mol. The van der Waals surface area contributed by atoms with Crippen molar-refractivity contribution < 1.29 is 15.3 Å². The molecule has 0 aromatic heterocycles. The summed E-state index contributed by atoms with van der Waals surface area (Å²) in [5.41, 5.74) is 3.90. The molecule has 22 heavy (non-hydrogen) atoms. The van der Waals surface area contributed by atoms with Crippen LogP contribution in [-0.4, -0.2) is 15.3 Å². The standard InChI is InChI=1S/C19H16O3/c20-10-16-12-6-2-1-5-11(12)9-15-17(16)13-7-3-4-8-14(13)18(21)19(15)22/h1-9,18-22H,10H2. The third-order valence-electron chi connectivity index (χ3n) is 4.51. The zero-order chi connectivity index (χ0) is 15.3. The zero-order valence-corrected chi connectivity index (χ0v) is 11.9. The molecule has 0 bridgehead atoms. The minimum absolute atomic E-state index is 0.110. The summed E-state index contributed by atoms with van der Waals surface area (Å²) < 4.78 is 0. The maximum atomic E-state index is 10.5. The summed E-state index contributed by atoms with van der Waals surface area (Å²) in [6, 6.07) is 17.2. The summed E-state index contributed by atoms with van der Waals surface area (Å²) in [5.74, 6) is 0. The van der Waals surface area contributed by atoms with Gasteiger partial charge in [0.2, 0.25) is 0 Å². The van der Waals surface area contributed by atoms with Gasteiger partial charge in [0.05, 0.1) is 6.61 Å². The van der Waals surface area contributed by atoms with Crippen LogP contribution in [0.3, 0.4) is 0 Å². The lowest BCUT2D eigenvalue weighted by molar-refractivity contribution is 0.0158. The Balaban J connectivity index is 2.17. The molecule has 0 aliphatic heterocycles. The quantitative estimate of drug-likeness (QED) is 0.646. The van der Waals surface area contributed by atoms with Gasteiger partial charge in [0.25, 0.3) is 0 Å². The molecular weight excluding hydrogens is 276 g/mol. The highest BCUT2D eigenvalue weighted by atomic mass is 16.3. The van der Waals surface area contributed by atoms with Crippen molar-refractivity contribution in [2.75, 3.05) is 0 Å². The Bertz CT molecular complexity index is 870. The smallest absolute Gasteiger partial charge is 0.110 e. The maximum absolute atomic E-state index is 10.5. The van der Waals surface area contributed by atoms with E-state index in [4.69, 9.17) is 0 Å². The van der Waals surface area contributed by atoms with Crippen LogP contribution in [0.4, 0.5) is 0 Å². The molecule has 3 N–H and O–H groups in total. The maximum Gasteiger partial charge on any atom is 0.110 e. The largest absolute Gasteiger partial charge is 0.392 e. The Morgan fingerprint density at radius 3 is 2.32 bits per heavy atom. The average Bonchev–Trinajstić information content (AvgIpc) is 2.57. The van der Waals surface area contributed by atoms with Crippen LogP contribution >= 0.6 is 0 Å². The average molecular weight is 292 g/mol. The van der Waals surface area contributed by atoms with Gasteiger partial charge in [-0.15, -0.1) is 0 Å². The van der Waals surface area contributed by atoms with E-state index in [-0.39, 0.29) is 6.61 Å². The Morgan fingerprint density at radius 1 is 0.818 bits per heavy atom. The molecule has 0 spiro atoms. The molecule has 0 saturated heterocycles. The van der Waals surface area contributed by atoms with Crippen molar-refractivity contribution in [3.63, 3.8) is 0 Å². The van der Waals surface area contributed by atoms with E-state index >= 15 is 0 Å². The second-order valence-electron chi connectivity index (χ2n) is 5.68. The van der Waals surface area contributed by atoms with Crippen molar-refractivity contribution in [2.45, 2.75) is 18.8 Å². The number of fused-ring (bicyclic) bond motifs is 4. The number of hydrogen-bond acceptors (Lipinski definition) is 3. The lowest BCUT2D eigenvalue weighted by Gasteiger charge is -2.31. The van der Waals surface area contributed by atoms with Crippen molar-refractivity contribution in [1.82, 2.24) is 0 Å². The minimum atomic E-state index is -0.986. The molecule has 1 aliphatic carbocycles. The van der Waals surface area contributed by atoms with Crippen molar-refractivity contribution >= 4 is 10.8 Å². The normalized spacial score (nSPS) is 19.8. The summed E-state index contributed by atoms with van der Waals surface area (Å²) in [6.45, 7) is -0.110. The van der Waals surface area contributed by atoms with Crippen LogP contribution in [0.15, 0.2) is 54.6 Å². The van der Waals surface area contributed by atoms with E-state index in [1.165, 1.54) is 0 Å². The molecule has 2 unspecified atom stereocenters. The summed E-state index contributed by atoms with van der Waals surface area (Å²) >= 11 is 0. The highest BCUT2D eigenvalue weighted by Crippen LogP contribution is 2.47. The third-order valence-corrected chi connectivity index (χ3v) is 4.51. The zero-order valence-electron chi connectivity index (χ0n) is 11.9. The van der Waals surface area contributed by atoms with Crippen molar-refractivity contribution in [1.29, 1.82) is 0 Å². The van der Waals surface area contributed by atoms with E-state index in [1.54, 1.807) is 0 Å². The van der Waals surface area contributed by atoms with Crippen LogP contribution in [0.2, 0.25) is 0 Å². The Morgan fingerprint density at radius 2 is 1.50 bits per heavy atom. The van der Waals surface area contributed by atoms with Gasteiger partial charge in [0.15, 0.2) is 0 Å². The molecule has 3 aromatic rings. The summed E-state index contributed by atoms with van der Waals surface area (Å²) in [6.07, 6.45) is -1.93. The lowest BCUT2D eigenvalue weighted by Crippen LogP contribution is -2.18. The second kappa shape index (κ2) is 4.92. The third kappa shape index (κ3) is 1.74. The fraction of sp³-hybridized carbons (Fsp3) is 0.158. The van der Waals surface area contributed by atoms with Crippen molar-refractivity contribution in [2.24, 2.45) is 0 Å². The molecule has 0 heterocycles. The Labute approximate surface area is 128 Å². The van der Waals surface area contributed by atoms with Crippen LogP contribution in [-0.2, 0) is 6.61 Å². The number of benzene rings is 3. The fourth-order valence-electron chi connectivity index (χ4n) is 3.48. The molecule has 3 heteroatoms. The van der Waals surface area contributed by atoms with Crippen LogP contribution in [0.1, 0.15) is 28.9 Å². The van der Waals surface area contributed by atoms with Gasteiger partial charge >= 0.3 is 0 Å². The topological polar surface area (TPSA) is 60.7 Å².